The van der Waals surface area contributed by atoms with Gasteiger partial charge in [0, 0.05) is 22.4 Å². The van der Waals surface area contributed by atoms with Crippen molar-refractivity contribution in [1.82, 2.24) is 10.2 Å². The molecule has 0 radical (unpaired) electrons. The molecule has 0 saturated carbocycles. The molecule has 3 nitrogen and oxygen atoms in total. The van der Waals surface area contributed by atoms with E-state index in [2.05, 4.69) is 28.4 Å². The van der Waals surface area contributed by atoms with Crippen LogP contribution in [0, 0.1) is 0 Å². The number of hydrogen-bond donors (Lipinski definition) is 1. The Morgan fingerprint density at radius 1 is 1.08 bits per heavy atom. The van der Waals surface area contributed by atoms with E-state index in [-0.39, 0.29) is 5.91 Å². The number of amides is 1. The zero-order valence-corrected chi connectivity index (χ0v) is 15.1. The first kappa shape index (κ1) is 18.3. The van der Waals surface area contributed by atoms with Gasteiger partial charge >= 0.3 is 0 Å². The van der Waals surface area contributed by atoms with E-state index in [4.69, 9.17) is 0 Å². The lowest BCUT2D eigenvalue weighted by Gasteiger charge is -2.09. The number of carbonyl (C=O) groups is 1. The molecule has 0 aliphatic heterocycles. The second-order valence-corrected chi connectivity index (χ2v) is 6.85. The summed E-state index contributed by atoms with van der Waals surface area (Å²) in [5.41, 5.74) is 1.05. The van der Waals surface area contributed by atoms with Crippen LogP contribution in [-0.4, -0.2) is 38.0 Å². The summed E-state index contributed by atoms with van der Waals surface area (Å²) >= 11 is 1.70. The molecule has 2 rings (SSSR count). The van der Waals surface area contributed by atoms with Crippen LogP contribution in [-0.2, 0) is 4.79 Å². The normalized spacial score (nSPS) is 11.1. The average molecular weight is 340 g/mol. The van der Waals surface area contributed by atoms with Crippen molar-refractivity contribution in [2.75, 3.05) is 27.2 Å². The van der Waals surface area contributed by atoms with Crippen LogP contribution >= 0.6 is 11.8 Å². The third-order valence-electron chi connectivity index (χ3n) is 3.39. The highest BCUT2D eigenvalue weighted by Gasteiger charge is 2.02. The Morgan fingerprint density at radius 2 is 1.79 bits per heavy atom. The van der Waals surface area contributed by atoms with Gasteiger partial charge in [0.25, 0.3) is 0 Å². The first-order valence-electron chi connectivity index (χ1n) is 8.08. The minimum absolute atomic E-state index is 0.0479. The highest BCUT2D eigenvalue weighted by atomic mass is 32.2. The topological polar surface area (TPSA) is 32.3 Å². The van der Waals surface area contributed by atoms with Crippen molar-refractivity contribution in [3.8, 4) is 0 Å². The largest absolute Gasteiger partial charge is 0.353 e. The molecule has 4 heteroatoms. The highest BCUT2D eigenvalue weighted by Crippen LogP contribution is 2.30. The number of carbonyl (C=O) groups excluding carboxylic acids is 1. The number of hydrogen-bond acceptors (Lipinski definition) is 3. The van der Waals surface area contributed by atoms with Crippen LogP contribution in [0.4, 0.5) is 0 Å². The van der Waals surface area contributed by atoms with Gasteiger partial charge in [-0.2, -0.15) is 0 Å². The first-order chi connectivity index (χ1) is 11.6. The molecule has 1 N–H and O–H groups in total. The van der Waals surface area contributed by atoms with Gasteiger partial charge in [-0.05, 0) is 56.9 Å². The van der Waals surface area contributed by atoms with Gasteiger partial charge < -0.3 is 10.2 Å². The van der Waals surface area contributed by atoms with E-state index in [0.717, 1.165) is 23.4 Å². The summed E-state index contributed by atoms with van der Waals surface area (Å²) in [6.45, 7) is 1.67. The Bertz CT molecular complexity index is 668. The maximum atomic E-state index is 11.9. The molecule has 0 unspecified atom stereocenters. The van der Waals surface area contributed by atoms with Crippen molar-refractivity contribution in [3.63, 3.8) is 0 Å². The average Bonchev–Trinajstić information content (AvgIpc) is 2.59. The van der Waals surface area contributed by atoms with Crippen LogP contribution in [0.15, 0.2) is 70.5 Å². The van der Waals surface area contributed by atoms with Gasteiger partial charge in [-0.1, -0.05) is 48.2 Å². The summed E-state index contributed by atoms with van der Waals surface area (Å²) in [4.78, 5) is 16.3. The van der Waals surface area contributed by atoms with Crippen LogP contribution in [0.25, 0.3) is 6.08 Å². The van der Waals surface area contributed by atoms with Gasteiger partial charge in [-0.25, -0.2) is 0 Å². The Morgan fingerprint density at radius 3 is 2.54 bits per heavy atom. The molecule has 2 aromatic rings. The van der Waals surface area contributed by atoms with E-state index in [9.17, 15) is 4.79 Å². The zero-order chi connectivity index (χ0) is 17.2. The van der Waals surface area contributed by atoms with E-state index in [1.165, 1.54) is 4.90 Å². The van der Waals surface area contributed by atoms with Gasteiger partial charge in [0.1, 0.15) is 0 Å². The second kappa shape index (κ2) is 9.96. The molecular formula is C20H24N2OS. The molecular weight excluding hydrogens is 316 g/mol. The summed E-state index contributed by atoms with van der Waals surface area (Å²) in [6.07, 6.45) is 4.44. The Hall–Kier alpha value is -2.04. The molecule has 0 atom stereocenters. The molecule has 0 fully saturated rings. The first-order valence-corrected chi connectivity index (χ1v) is 8.89. The summed E-state index contributed by atoms with van der Waals surface area (Å²) in [6, 6.07) is 18.4. The van der Waals surface area contributed by atoms with Crippen molar-refractivity contribution >= 4 is 23.7 Å². The van der Waals surface area contributed by atoms with Crippen LogP contribution in [0.3, 0.4) is 0 Å². The van der Waals surface area contributed by atoms with Crippen LogP contribution in [0.1, 0.15) is 12.0 Å². The number of benzene rings is 2. The summed E-state index contributed by atoms with van der Waals surface area (Å²) < 4.78 is 0. The third-order valence-corrected chi connectivity index (χ3v) is 4.49. The predicted octanol–water partition coefficient (Wildman–Crippen LogP) is 3.92. The summed E-state index contributed by atoms with van der Waals surface area (Å²) in [7, 11) is 4.06. The molecule has 126 valence electrons. The predicted molar refractivity (Wildman–Crippen MR) is 102 cm³/mol. The summed E-state index contributed by atoms with van der Waals surface area (Å²) in [5.74, 6) is -0.0479. The molecule has 0 spiro atoms. The van der Waals surface area contributed by atoms with Gasteiger partial charge in [0.05, 0.1) is 0 Å². The quantitative estimate of drug-likeness (QED) is 0.584. The molecule has 24 heavy (non-hydrogen) atoms. The van der Waals surface area contributed by atoms with Crippen molar-refractivity contribution in [1.29, 1.82) is 0 Å². The van der Waals surface area contributed by atoms with Crippen LogP contribution in [0.2, 0.25) is 0 Å². The fourth-order valence-electron chi connectivity index (χ4n) is 2.16. The maximum Gasteiger partial charge on any atom is 0.244 e. The number of rotatable bonds is 8. The van der Waals surface area contributed by atoms with E-state index in [1.807, 2.05) is 56.6 Å². The minimum Gasteiger partial charge on any atom is -0.353 e. The van der Waals surface area contributed by atoms with E-state index >= 15 is 0 Å². The lowest BCUT2D eigenvalue weighted by atomic mass is 10.2. The van der Waals surface area contributed by atoms with Gasteiger partial charge in [0.15, 0.2) is 0 Å². The van der Waals surface area contributed by atoms with Crippen molar-refractivity contribution < 1.29 is 4.79 Å². The highest BCUT2D eigenvalue weighted by molar-refractivity contribution is 7.99. The number of nitrogens with one attached hydrogen (secondary N) is 1. The lowest BCUT2D eigenvalue weighted by Crippen LogP contribution is -2.25. The van der Waals surface area contributed by atoms with Gasteiger partial charge in [-0.15, -0.1) is 0 Å². The van der Waals surface area contributed by atoms with Crippen LogP contribution in [0.5, 0.6) is 0 Å². The number of nitrogens with zero attached hydrogens (tertiary/aromatic N) is 1. The molecule has 0 aliphatic rings. The molecule has 2 aromatic carbocycles. The zero-order valence-electron chi connectivity index (χ0n) is 14.2. The van der Waals surface area contributed by atoms with Crippen LogP contribution < -0.4 is 5.32 Å². The Labute approximate surface area is 148 Å². The van der Waals surface area contributed by atoms with E-state index in [0.29, 0.717) is 6.54 Å². The maximum absolute atomic E-state index is 11.9. The molecule has 0 saturated heterocycles. The monoisotopic (exact) mass is 340 g/mol. The molecule has 0 aliphatic carbocycles. The summed E-state index contributed by atoms with van der Waals surface area (Å²) in [5, 5.41) is 2.92. The van der Waals surface area contributed by atoms with Crippen molar-refractivity contribution in [3.05, 3.63) is 66.2 Å². The van der Waals surface area contributed by atoms with Crippen molar-refractivity contribution in [2.24, 2.45) is 0 Å². The Kier molecular flexibility index (Phi) is 7.59. The Balaban J connectivity index is 1.93. The SMILES string of the molecule is CN(C)CCCNC(=O)/C=C/c1ccccc1Sc1ccccc1. The lowest BCUT2D eigenvalue weighted by molar-refractivity contribution is -0.116. The second-order valence-electron chi connectivity index (χ2n) is 5.73. The molecule has 0 bridgehead atoms. The smallest absolute Gasteiger partial charge is 0.244 e. The van der Waals surface area contributed by atoms with E-state index < -0.39 is 0 Å². The third kappa shape index (κ3) is 6.60. The van der Waals surface area contributed by atoms with Crippen molar-refractivity contribution in [2.45, 2.75) is 16.2 Å². The molecule has 0 heterocycles. The molecule has 1 amide bonds. The minimum atomic E-state index is -0.0479. The standard InChI is InChI=1S/C20H24N2OS/c1-22(2)16-8-15-21-20(23)14-13-17-9-6-7-12-19(17)24-18-10-4-3-5-11-18/h3-7,9-14H,8,15-16H2,1-2H3,(H,21,23)/b14-13+. The molecule has 0 aromatic heterocycles. The van der Waals surface area contributed by atoms with E-state index in [1.54, 1.807) is 17.8 Å². The fraction of sp³-hybridized carbons (Fsp3) is 0.250. The van der Waals surface area contributed by atoms with Gasteiger partial charge in [0.2, 0.25) is 5.91 Å². The van der Waals surface area contributed by atoms with Gasteiger partial charge in [-0.3, -0.25) is 4.79 Å². The fourth-order valence-corrected chi connectivity index (χ4v) is 3.11.